The maximum Gasteiger partial charge on any atom is 0.322 e. The zero-order valence-electron chi connectivity index (χ0n) is 10.4. The van der Waals surface area contributed by atoms with Gasteiger partial charge in [-0.1, -0.05) is 24.3 Å². The molecule has 96 valence electrons. The topological polar surface area (TPSA) is 66.4 Å². The van der Waals surface area contributed by atoms with E-state index in [1.165, 1.54) is 5.56 Å². The van der Waals surface area contributed by atoms with Crippen LogP contribution in [0.25, 0.3) is 0 Å². The van der Waals surface area contributed by atoms with E-state index in [9.17, 15) is 9.59 Å². The molecule has 0 saturated carbocycles. The Kier molecular flexibility index (Phi) is 3.36. The highest BCUT2D eigenvalue weighted by Gasteiger charge is 2.38. The summed E-state index contributed by atoms with van der Waals surface area (Å²) in [5, 5.41) is 11.1. The molecule has 0 bridgehead atoms. The predicted molar refractivity (Wildman–Crippen MR) is 67.4 cm³/mol. The van der Waals surface area contributed by atoms with Crippen molar-refractivity contribution < 1.29 is 14.7 Å². The van der Waals surface area contributed by atoms with E-state index in [2.05, 4.69) is 5.32 Å². The number of aryl methyl sites for hydroxylation is 1. The number of rotatable bonds is 3. The van der Waals surface area contributed by atoms with Crippen LogP contribution in [0.3, 0.4) is 0 Å². The molecule has 1 amide bonds. The number of aliphatic carboxylic acids is 1. The van der Waals surface area contributed by atoms with Crippen molar-refractivity contribution in [3.05, 3.63) is 35.4 Å². The molecule has 2 rings (SSSR count). The van der Waals surface area contributed by atoms with E-state index in [1.54, 1.807) is 0 Å². The highest BCUT2D eigenvalue weighted by molar-refractivity contribution is 5.90. The molecule has 18 heavy (non-hydrogen) atoms. The van der Waals surface area contributed by atoms with Gasteiger partial charge < -0.3 is 10.4 Å². The summed E-state index contributed by atoms with van der Waals surface area (Å²) >= 11 is 0. The molecule has 1 aliphatic carbocycles. The van der Waals surface area contributed by atoms with Gasteiger partial charge in [-0.05, 0) is 37.3 Å². The number of hydrogen-bond donors (Lipinski definition) is 2. The molecule has 1 aromatic rings. The van der Waals surface area contributed by atoms with E-state index in [-0.39, 0.29) is 12.5 Å². The second-order valence-corrected chi connectivity index (χ2v) is 4.92. The van der Waals surface area contributed by atoms with Crippen LogP contribution < -0.4 is 5.32 Å². The number of hydrogen-bond acceptors (Lipinski definition) is 2. The van der Waals surface area contributed by atoms with Crippen molar-refractivity contribution in [1.82, 2.24) is 5.32 Å². The first-order chi connectivity index (χ1) is 8.54. The van der Waals surface area contributed by atoms with E-state index >= 15 is 0 Å². The van der Waals surface area contributed by atoms with Crippen LogP contribution >= 0.6 is 0 Å². The summed E-state index contributed by atoms with van der Waals surface area (Å²) in [5.41, 5.74) is 1.61. The Morgan fingerprint density at radius 1 is 1.39 bits per heavy atom. The van der Waals surface area contributed by atoms with Crippen LogP contribution in [0.15, 0.2) is 24.3 Å². The summed E-state index contributed by atoms with van der Waals surface area (Å²) in [7, 11) is 0. The molecule has 1 aliphatic rings. The molecule has 2 N–H and O–H groups in total. The predicted octanol–water partition coefficient (Wildman–Crippen LogP) is 1.48. The molecule has 0 aromatic heterocycles. The summed E-state index contributed by atoms with van der Waals surface area (Å²) in [6, 6.07) is 7.90. The van der Waals surface area contributed by atoms with E-state index in [0.717, 1.165) is 24.8 Å². The van der Waals surface area contributed by atoms with E-state index in [4.69, 9.17) is 5.11 Å². The van der Waals surface area contributed by atoms with Crippen molar-refractivity contribution in [2.45, 2.75) is 31.6 Å². The lowest BCUT2D eigenvalue weighted by molar-refractivity contribution is -0.138. The van der Waals surface area contributed by atoms with Crippen LogP contribution in [0.4, 0.5) is 0 Å². The first kappa shape index (κ1) is 12.6. The average Bonchev–Trinajstić information content (AvgIpc) is 2.36. The maximum absolute atomic E-state index is 12.2. The Hall–Kier alpha value is -1.84. The molecule has 0 spiro atoms. The Bertz CT molecular complexity index is 484. The fraction of sp³-hybridized carbons (Fsp3) is 0.429. The first-order valence-corrected chi connectivity index (χ1v) is 6.12. The first-order valence-electron chi connectivity index (χ1n) is 6.12. The van der Waals surface area contributed by atoms with Gasteiger partial charge in [0.25, 0.3) is 0 Å². The zero-order chi connectivity index (χ0) is 13.2. The molecule has 0 heterocycles. The van der Waals surface area contributed by atoms with Gasteiger partial charge in [0, 0.05) is 0 Å². The van der Waals surface area contributed by atoms with E-state index < -0.39 is 11.4 Å². The third kappa shape index (κ3) is 2.23. The summed E-state index contributed by atoms with van der Waals surface area (Å²) < 4.78 is 0. The minimum Gasteiger partial charge on any atom is -0.480 e. The number of carboxylic acid groups (broad SMARTS) is 1. The van der Waals surface area contributed by atoms with Crippen molar-refractivity contribution in [1.29, 1.82) is 0 Å². The van der Waals surface area contributed by atoms with Crippen LogP contribution in [0, 0.1) is 0 Å². The van der Waals surface area contributed by atoms with Crippen LogP contribution in [0.2, 0.25) is 0 Å². The second kappa shape index (κ2) is 4.80. The van der Waals surface area contributed by atoms with Crippen LogP contribution in [0.1, 0.15) is 30.9 Å². The Morgan fingerprint density at radius 2 is 2.11 bits per heavy atom. The molecule has 0 radical (unpaired) electrons. The van der Waals surface area contributed by atoms with Gasteiger partial charge in [0.05, 0.1) is 5.41 Å². The largest absolute Gasteiger partial charge is 0.480 e. The molecule has 4 nitrogen and oxygen atoms in total. The summed E-state index contributed by atoms with van der Waals surface area (Å²) in [6.45, 7) is 1.57. The zero-order valence-corrected chi connectivity index (χ0v) is 10.4. The fourth-order valence-electron chi connectivity index (χ4n) is 2.63. The van der Waals surface area contributed by atoms with Crippen molar-refractivity contribution in [3.63, 3.8) is 0 Å². The van der Waals surface area contributed by atoms with Gasteiger partial charge in [-0.15, -0.1) is 0 Å². The average molecular weight is 247 g/mol. The molecule has 1 unspecified atom stereocenters. The SMILES string of the molecule is CC1(C(=O)NCC(=O)O)CCCc2ccccc21. The summed E-state index contributed by atoms with van der Waals surface area (Å²) in [4.78, 5) is 22.7. The molecule has 0 aliphatic heterocycles. The van der Waals surface area contributed by atoms with Crippen LogP contribution in [-0.4, -0.2) is 23.5 Å². The third-order valence-electron chi connectivity index (χ3n) is 3.64. The molecule has 0 saturated heterocycles. The van der Waals surface area contributed by atoms with E-state index in [1.807, 2.05) is 31.2 Å². The number of carbonyl (C=O) groups excluding carboxylic acids is 1. The Labute approximate surface area is 106 Å². The lowest BCUT2D eigenvalue weighted by Gasteiger charge is -2.34. The van der Waals surface area contributed by atoms with Crippen LogP contribution in [0.5, 0.6) is 0 Å². The fourth-order valence-corrected chi connectivity index (χ4v) is 2.63. The van der Waals surface area contributed by atoms with Gasteiger partial charge >= 0.3 is 5.97 Å². The lowest BCUT2D eigenvalue weighted by Crippen LogP contribution is -2.45. The molecular formula is C14H17NO3. The van der Waals surface area contributed by atoms with Gasteiger partial charge in [-0.25, -0.2) is 0 Å². The van der Waals surface area contributed by atoms with Crippen molar-refractivity contribution in [2.75, 3.05) is 6.54 Å². The van der Waals surface area contributed by atoms with Gasteiger partial charge in [-0.2, -0.15) is 0 Å². The smallest absolute Gasteiger partial charge is 0.322 e. The number of nitrogens with one attached hydrogen (secondary N) is 1. The maximum atomic E-state index is 12.2. The number of carbonyl (C=O) groups is 2. The molecule has 0 fully saturated rings. The summed E-state index contributed by atoms with van der Waals surface area (Å²) in [5.74, 6) is -1.21. The molecule has 1 atom stereocenters. The van der Waals surface area contributed by atoms with E-state index in [0.29, 0.717) is 0 Å². The molecule has 1 aromatic carbocycles. The summed E-state index contributed by atoms with van der Waals surface area (Å²) in [6.07, 6.45) is 2.70. The number of carboxylic acids is 1. The highest BCUT2D eigenvalue weighted by Crippen LogP contribution is 2.37. The highest BCUT2D eigenvalue weighted by atomic mass is 16.4. The van der Waals surface area contributed by atoms with Crippen molar-refractivity contribution in [2.24, 2.45) is 0 Å². The standard InChI is InChI=1S/C14H17NO3/c1-14(13(18)15-9-12(16)17)8-4-6-10-5-2-3-7-11(10)14/h2-3,5,7H,4,6,8-9H2,1H3,(H,15,18)(H,16,17). The van der Waals surface area contributed by atoms with Crippen molar-refractivity contribution in [3.8, 4) is 0 Å². The quantitative estimate of drug-likeness (QED) is 0.850. The van der Waals surface area contributed by atoms with Gasteiger partial charge in [-0.3, -0.25) is 9.59 Å². The number of amides is 1. The van der Waals surface area contributed by atoms with Crippen LogP contribution in [-0.2, 0) is 21.4 Å². The number of fused-ring (bicyclic) bond motifs is 1. The molecule has 4 heteroatoms. The normalized spacial score (nSPS) is 22.1. The van der Waals surface area contributed by atoms with Gasteiger partial charge in [0.15, 0.2) is 0 Å². The van der Waals surface area contributed by atoms with Crippen molar-refractivity contribution >= 4 is 11.9 Å². The monoisotopic (exact) mass is 247 g/mol. The minimum atomic E-state index is -1.02. The minimum absolute atomic E-state index is 0.197. The van der Waals surface area contributed by atoms with Gasteiger partial charge in [0.2, 0.25) is 5.91 Å². The molecular weight excluding hydrogens is 230 g/mol. The van der Waals surface area contributed by atoms with Gasteiger partial charge in [0.1, 0.15) is 6.54 Å². The Morgan fingerprint density at radius 3 is 2.83 bits per heavy atom. The Balaban J connectivity index is 2.26. The lowest BCUT2D eigenvalue weighted by atomic mass is 9.70. The second-order valence-electron chi connectivity index (χ2n) is 4.92. The number of benzene rings is 1. The third-order valence-corrected chi connectivity index (χ3v) is 3.64.